The van der Waals surface area contributed by atoms with Crippen LogP contribution in [0.1, 0.15) is 10.5 Å². The van der Waals surface area contributed by atoms with Gasteiger partial charge in [0.1, 0.15) is 17.3 Å². The van der Waals surface area contributed by atoms with E-state index in [2.05, 4.69) is 10.3 Å². The zero-order chi connectivity index (χ0) is 17.1. The van der Waals surface area contributed by atoms with Crippen LogP contribution < -0.4 is 5.32 Å². The molecule has 3 rings (SSSR count). The van der Waals surface area contributed by atoms with Crippen molar-refractivity contribution in [3.63, 3.8) is 0 Å². The van der Waals surface area contributed by atoms with E-state index in [4.69, 9.17) is 0 Å². The summed E-state index contributed by atoms with van der Waals surface area (Å²) in [6.07, 6.45) is 3.26. The molecule has 1 amide bonds. The summed E-state index contributed by atoms with van der Waals surface area (Å²) in [5, 5.41) is 3.22. The molecule has 0 aliphatic rings. The lowest BCUT2D eigenvalue weighted by atomic mass is 10.2. The van der Waals surface area contributed by atoms with Crippen molar-refractivity contribution in [1.29, 1.82) is 0 Å². The molecule has 0 saturated heterocycles. The van der Waals surface area contributed by atoms with Crippen molar-refractivity contribution >= 4 is 23.4 Å². The number of halogens is 2. The Kier molecular flexibility index (Phi) is 4.61. The quantitative estimate of drug-likeness (QED) is 0.724. The molecule has 7 heteroatoms. The van der Waals surface area contributed by atoms with E-state index in [1.165, 1.54) is 48.3 Å². The smallest absolute Gasteiger partial charge is 0.274 e. The molecule has 0 atom stereocenters. The summed E-state index contributed by atoms with van der Waals surface area (Å²) < 4.78 is 28.0. The van der Waals surface area contributed by atoms with Gasteiger partial charge in [0.25, 0.3) is 5.91 Å². The molecule has 0 aliphatic carbocycles. The highest BCUT2D eigenvalue weighted by atomic mass is 32.2. The number of carbonyl (C=O) groups is 1. The van der Waals surface area contributed by atoms with Crippen LogP contribution in [0.5, 0.6) is 0 Å². The van der Waals surface area contributed by atoms with Crippen LogP contribution in [0.4, 0.5) is 14.5 Å². The highest BCUT2D eigenvalue weighted by Gasteiger charge is 2.18. The molecule has 122 valence electrons. The fourth-order valence-corrected chi connectivity index (χ4v) is 2.78. The molecule has 0 spiro atoms. The number of benzene rings is 2. The first kappa shape index (κ1) is 16.2. The van der Waals surface area contributed by atoms with Gasteiger partial charge in [-0.15, -0.1) is 0 Å². The zero-order valence-corrected chi connectivity index (χ0v) is 13.5. The fraction of sp³-hybridized carbons (Fsp3) is 0.0588. The van der Waals surface area contributed by atoms with Crippen molar-refractivity contribution < 1.29 is 13.6 Å². The normalized spacial score (nSPS) is 10.6. The lowest BCUT2D eigenvalue weighted by Gasteiger charge is -2.11. The molecular weight excluding hydrogens is 332 g/mol. The van der Waals surface area contributed by atoms with Crippen LogP contribution in [0, 0.1) is 11.6 Å². The molecule has 0 unspecified atom stereocenters. The van der Waals surface area contributed by atoms with Gasteiger partial charge in [-0.05, 0) is 48.7 Å². The second-order valence-electron chi connectivity index (χ2n) is 4.91. The van der Waals surface area contributed by atoms with Gasteiger partial charge in [0.2, 0.25) is 0 Å². The van der Waals surface area contributed by atoms with Gasteiger partial charge in [-0.2, -0.15) is 0 Å². The summed E-state index contributed by atoms with van der Waals surface area (Å²) in [7, 11) is 0. The predicted octanol–water partition coefficient (Wildman–Crippen LogP) is 4.12. The number of aromatic nitrogens is 2. The third-order valence-electron chi connectivity index (χ3n) is 3.31. The Morgan fingerprint density at radius 3 is 2.54 bits per heavy atom. The van der Waals surface area contributed by atoms with Gasteiger partial charge in [0.05, 0.1) is 6.20 Å². The Morgan fingerprint density at radius 1 is 1.12 bits per heavy atom. The van der Waals surface area contributed by atoms with Crippen LogP contribution >= 0.6 is 11.8 Å². The van der Waals surface area contributed by atoms with Crippen LogP contribution in [-0.4, -0.2) is 21.7 Å². The number of carbonyl (C=O) groups excluding carboxylic acids is 1. The first-order valence-electron chi connectivity index (χ1n) is 7.03. The Balaban J connectivity index is 1.97. The maximum absolute atomic E-state index is 13.3. The van der Waals surface area contributed by atoms with Crippen LogP contribution in [-0.2, 0) is 0 Å². The first-order chi connectivity index (χ1) is 11.6. The molecule has 1 heterocycles. The van der Waals surface area contributed by atoms with E-state index in [1.807, 2.05) is 6.26 Å². The Bertz CT molecular complexity index is 878. The largest absolute Gasteiger partial charge is 0.321 e. The van der Waals surface area contributed by atoms with Gasteiger partial charge < -0.3 is 5.32 Å². The highest BCUT2D eigenvalue weighted by Crippen LogP contribution is 2.23. The van der Waals surface area contributed by atoms with Crippen molar-refractivity contribution in [3.8, 4) is 5.69 Å². The topological polar surface area (TPSA) is 46.9 Å². The second kappa shape index (κ2) is 6.84. The van der Waals surface area contributed by atoms with Gasteiger partial charge in [-0.3, -0.25) is 9.36 Å². The summed E-state index contributed by atoms with van der Waals surface area (Å²) in [4.78, 5) is 16.7. The number of nitrogens with zero attached hydrogens (tertiary/aromatic N) is 2. The molecule has 0 fully saturated rings. The molecule has 0 aliphatic heterocycles. The average Bonchev–Trinajstić information content (AvgIpc) is 2.99. The number of anilines is 1. The number of hydrogen-bond donors (Lipinski definition) is 1. The molecule has 1 aromatic heterocycles. The van der Waals surface area contributed by atoms with E-state index in [9.17, 15) is 13.6 Å². The van der Waals surface area contributed by atoms with Crippen LogP contribution in [0.2, 0.25) is 0 Å². The maximum Gasteiger partial charge on any atom is 0.274 e. The van der Waals surface area contributed by atoms with Gasteiger partial charge in [-0.1, -0.05) is 17.8 Å². The summed E-state index contributed by atoms with van der Waals surface area (Å²) in [5.74, 6) is -1.24. The molecule has 1 N–H and O–H groups in total. The number of hydrogen-bond acceptors (Lipinski definition) is 3. The van der Waals surface area contributed by atoms with Gasteiger partial charge in [-0.25, -0.2) is 13.8 Å². The Morgan fingerprint density at radius 2 is 1.88 bits per heavy atom. The van der Waals surface area contributed by atoms with E-state index < -0.39 is 11.7 Å². The first-order valence-corrected chi connectivity index (χ1v) is 8.25. The predicted molar refractivity (Wildman–Crippen MR) is 89.7 cm³/mol. The molecule has 24 heavy (non-hydrogen) atoms. The molecular formula is C17H13F2N3OS. The monoisotopic (exact) mass is 345 g/mol. The van der Waals surface area contributed by atoms with Crippen molar-refractivity contribution in [3.05, 3.63) is 72.1 Å². The van der Waals surface area contributed by atoms with Crippen LogP contribution in [0.15, 0.2) is 59.9 Å². The van der Waals surface area contributed by atoms with E-state index in [1.54, 1.807) is 22.8 Å². The number of imidazole rings is 1. The van der Waals surface area contributed by atoms with Crippen molar-refractivity contribution in [2.45, 2.75) is 5.16 Å². The summed E-state index contributed by atoms with van der Waals surface area (Å²) in [5.41, 5.74) is 1.23. The number of thioether (sulfide) groups is 1. The van der Waals surface area contributed by atoms with Crippen molar-refractivity contribution in [2.75, 3.05) is 11.6 Å². The van der Waals surface area contributed by atoms with Crippen molar-refractivity contribution in [2.24, 2.45) is 0 Å². The second-order valence-corrected chi connectivity index (χ2v) is 5.68. The van der Waals surface area contributed by atoms with Crippen LogP contribution in [0.3, 0.4) is 0 Å². The SMILES string of the molecule is CSc1ncc(C(=O)Nc2cccc(F)c2)n1-c1ccc(F)cc1. The van der Waals surface area contributed by atoms with E-state index >= 15 is 0 Å². The zero-order valence-electron chi connectivity index (χ0n) is 12.7. The third-order valence-corrected chi connectivity index (χ3v) is 3.97. The summed E-state index contributed by atoms with van der Waals surface area (Å²) >= 11 is 1.36. The Hall–Kier alpha value is -2.67. The Labute approximate surface area is 141 Å². The highest BCUT2D eigenvalue weighted by molar-refractivity contribution is 7.98. The van der Waals surface area contributed by atoms with E-state index in [0.717, 1.165) is 0 Å². The maximum atomic E-state index is 13.3. The molecule has 2 aromatic carbocycles. The number of nitrogens with one attached hydrogen (secondary N) is 1. The van der Waals surface area contributed by atoms with E-state index in [0.29, 0.717) is 16.5 Å². The number of rotatable bonds is 4. The van der Waals surface area contributed by atoms with Gasteiger partial charge >= 0.3 is 0 Å². The number of amides is 1. The average molecular weight is 345 g/mol. The third kappa shape index (κ3) is 3.30. The molecule has 3 aromatic rings. The molecule has 4 nitrogen and oxygen atoms in total. The summed E-state index contributed by atoms with van der Waals surface area (Å²) in [6.45, 7) is 0. The molecule has 0 radical (unpaired) electrons. The minimum Gasteiger partial charge on any atom is -0.321 e. The summed E-state index contributed by atoms with van der Waals surface area (Å²) in [6, 6.07) is 11.4. The lowest BCUT2D eigenvalue weighted by Crippen LogP contribution is -2.16. The standard InChI is InChI=1S/C17H13F2N3OS/c1-24-17-20-10-15(22(17)14-7-5-11(18)6-8-14)16(23)21-13-4-2-3-12(19)9-13/h2-10H,1H3,(H,21,23). The molecule has 0 saturated carbocycles. The lowest BCUT2D eigenvalue weighted by molar-refractivity contribution is 0.102. The van der Waals surface area contributed by atoms with E-state index in [-0.39, 0.29) is 11.5 Å². The molecule has 0 bridgehead atoms. The minimum absolute atomic E-state index is 0.273. The van der Waals surface area contributed by atoms with Gasteiger partial charge in [0, 0.05) is 11.4 Å². The van der Waals surface area contributed by atoms with Crippen molar-refractivity contribution in [1.82, 2.24) is 9.55 Å². The fourth-order valence-electron chi connectivity index (χ4n) is 2.24. The van der Waals surface area contributed by atoms with Crippen LogP contribution in [0.25, 0.3) is 5.69 Å². The van der Waals surface area contributed by atoms with Gasteiger partial charge in [0.15, 0.2) is 5.16 Å². The minimum atomic E-state index is -0.440.